The molecule has 0 bridgehead atoms. The third-order valence-corrected chi connectivity index (χ3v) is 6.92. The van der Waals surface area contributed by atoms with E-state index in [0.29, 0.717) is 17.0 Å². The number of hydrogen-bond donors (Lipinski definition) is 3. The number of hydrogen-bond acceptors (Lipinski definition) is 5. The number of sulfonamides is 2. The molecule has 4 rings (SSSR count). The summed E-state index contributed by atoms with van der Waals surface area (Å²) in [5.74, 6) is -0.826. The van der Waals surface area contributed by atoms with Crippen molar-refractivity contribution in [2.45, 2.75) is 11.1 Å². The number of amides is 1. The van der Waals surface area contributed by atoms with Crippen LogP contribution in [-0.4, -0.2) is 33.6 Å². The third-order valence-electron chi connectivity index (χ3n) is 5.40. The molecule has 0 saturated heterocycles. The zero-order valence-corrected chi connectivity index (χ0v) is 20.6. The molecular formula is C23H19F3N4O5S2. The molecule has 194 valence electrons. The van der Waals surface area contributed by atoms with Crippen molar-refractivity contribution in [2.75, 3.05) is 11.0 Å². The minimum Gasteiger partial charge on any atom is -0.364 e. The van der Waals surface area contributed by atoms with Crippen LogP contribution in [0.2, 0.25) is 0 Å². The lowest BCUT2D eigenvalue weighted by molar-refractivity contribution is -0.137. The van der Waals surface area contributed by atoms with Gasteiger partial charge in [0, 0.05) is 11.1 Å². The summed E-state index contributed by atoms with van der Waals surface area (Å²) in [4.78, 5) is 11.5. The van der Waals surface area contributed by atoms with Crippen LogP contribution in [0, 0.1) is 0 Å². The number of nitrogens with zero attached hydrogens (tertiary/aromatic N) is 1. The monoisotopic (exact) mass is 552 g/mol. The molecule has 0 aliphatic carbocycles. The molecule has 9 nitrogen and oxygen atoms in total. The van der Waals surface area contributed by atoms with Crippen molar-refractivity contribution in [2.24, 2.45) is 10.9 Å². The van der Waals surface area contributed by atoms with Crippen molar-refractivity contribution >= 4 is 42.5 Å². The Bertz CT molecular complexity index is 1780. The Balaban J connectivity index is 1.95. The molecule has 0 aliphatic rings. The van der Waals surface area contributed by atoms with Crippen LogP contribution in [0.3, 0.4) is 0 Å². The van der Waals surface area contributed by atoms with Gasteiger partial charge in [0.2, 0.25) is 20.0 Å². The maximum Gasteiger partial charge on any atom is 0.417 e. The summed E-state index contributed by atoms with van der Waals surface area (Å²) in [6.07, 6.45) is -3.94. The molecule has 0 atom stereocenters. The summed E-state index contributed by atoms with van der Waals surface area (Å²) in [6.45, 7) is 0. The Kier molecular flexibility index (Phi) is 6.30. The fraction of sp³-hybridized carbons (Fsp3) is 0.0870. The van der Waals surface area contributed by atoms with Crippen LogP contribution in [0.1, 0.15) is 16.1 Å². The number of anilines is 1. The van der Waals surface area contributed by atoms with Crippen molar-refractivity contribution in [3.8, 4) is 16.8 Å². The van der Waals surface area contributed by atoms with E-state index < -0.39 is 42.6 Å². The molecule has 14 heteroatoms. The fourth-order valence-electron chi connectivity index (χ4n) is 3.94. The van der Waals surface area contributed by atoms with Crippen LogP contribution in [0.4, 0.5) is 18.9 Å². The van der Waals surface area contributed by atoms with E-state index in [2.05, 4.69) is 4.72 Å². The normalized spacial score (nSPS) is 12.6. The molecule has 0 fully saturated rings. The number of nitrogens with two attached hydrogens (primary N) is 2. The van der Waals surface area contributed by atoms with Gasteiger partial charge >= 0.3 is 6.18 Å². The summed E-state index contributed by atoms with van der Waals surface area (Å²) >= 11 is 0. The first-order valence-corrected chi connectivity index (χ1v) is 13.8. The molecule has 3 aromatic carbocycles. The van der Waals surface area contributed by atoms with Gasteiger partial charge < -0.3 is 10.3 Å². The number of fused-ring (bicyclic) bond motifs is 1. The first-order chi connectivity index (χ1) is 17.0. The van der Waals surface area contributed by atoms with Gasteiger partial charge in [-0.25, -0.2) is 22.0 Å². The highest BCUT2D eigenvalue weighted by molar-refractivity contribution is 7.92. The first-order valence-electron chi connectivity index (χ1n) is 10.3. The highest BCUT2D eigenvalue weighted by Gasteiger charge is 2.35. The van der Waals surface area contributed by atoms with Crippen LogP contribution in [-0.2, 0) is 26.2 Å². The maximum atomic E-state index is 13.9. The Hall–Kier alpha value is -3.88. The summed E-state index contributed by atoms with van der Waals surface area (Å²) in [7, 11) is -8.01. The van der Waals surface area contributed by atoms with E-state index in [4.69, 9.17) is 10.9 Å². The van der Waals surface area contributed by atoms with E-state index in [1.165, 1.54) is 47.0 Å². The summed E-state index contributed by atoms with van der Waals surface area (Å²) < 4.78 is 92.0. The lowest BCUT2D eigenvalue weighted by atomic mass is 9.98. The van der Waals surface area contributed by atoms with E-state index in [1.54, 1.807) is 6.07 Å². The second-order valence-corrected chi connectivity index (χ2v) is 11.5. The molecule has 0 spiro atoms. The number of nitrogens with one attached hydrogen (secondary N) is 1. The summed E-state index contributed by atoms with van der Waals surface area (Å²) in [6, 6.07) is 14.1. The average Bonchev–Trinajstić information content (AvgIpc) is 3.15. The van der Waals surface area contributed by atoms with Crippen molar-refractivity contribution in [3.63, 3.8) is 0 Å². The van der Waals surface area contributed by atoms with E-state index in [0.717, 1.165) is 18.4 Å². The number of carbonyl (C=O) groups is 1. The average molecular weight is 553 g/mol. The SMILES string of the molecule is CS(=O)(=O)Nc1ccc2cc(C(N)=O)n(-c3cccc(-c4ccc(S(N)(=O)=O)cc4C(F)(F)F)c3)c2c1. The van der Waals surface area contributed by atoms with Gasteiger partial charge in [-0.1, -0.05) is 24.3 Å². The van der Waals surface area contributed by atoms with Gasteiger partial charge in [0.25, 0.3) is 5.91 Å². The number of primary sulfonamides is 1. The molecule has 0 aliphatic heterocycles. The van der Waals surface area contributed by atoms with Gasteiger partial charge in [-0.05, 0) is 53.6 Å². The van der Waals surface area contributed by atoms with Gasteiger partial charge in [0.15, 0.2) is 0 Å². The number of halogens is 3. The maximum absolute atomic E-state index is 13.9. The van der Waals surface area contributed by atoms with Crippen LogP contribution in [0.5, 0.6) is 0 Å². The molecule has 5 N–H and O–H groups in total. The highest BCUT2D eigenvalue weighted by Crippen LogP contribution is 2.39. The summed E-state index contributed by atoms with van der Waals surface area (Å²) in [5.41, 5.74) is 4.89. The van der Waals surface area contributed by atoms with Crippen LogP contribution >= 0.6 is 0 Å². The Morgan fingerprint density at radius 1 is 0.946 bits per heavy atom. The molecule has 37 heavy (non-hydrogen) atoms. The summed E-state index contributed by atoms with van der Waals surface area (Å²) in [5, 5.41) is 5.53. The highest BCUT2D eigenvalue weighted by atomic mass is 32.2. The van der Waals surface area contributed by atoms with Crippen molar-refractivity contribution < 1.29 is 34.8 Å². The number of aromatic nitrogens is 1. The van der Waals surface area contributed by atoms with E-state index >= 15 is 0 Å². The lowest BCUT2D eigenvalue weighted by Crippen LogP contribution is -2.16. The van der Waals surface area contributed by atoms with Gasteiger partial charge in [0.1, 0.15) is 5.69 Å². The standard InChI is InChI=1S/C23H19F3N4O5S2/c1-36(32,33)29-15-6-5-14-10-21(22(27)31)30(20(14)11-15)16-4-2-3-13(9-16)18-8-7-17(37(28,34)35)12-19(18)23(24,25)26/h2-12,29H,1H3,(H2,27,31)(H2,28,34,35). The van der Waals surface area contributed by atoms with Crippen molar-refractivity contribution in [1.29, 1.82) is 0 Å². The third kappa shape index (κ3) is 5.45. The zero-order chi connectivity index (χ0) is 27.3. The molecule has 1 aromatic heterocycles. The molecule has 0 radical (unpaired) electrons. The largest absolute Gasteiger partial charge is 0.417 e. The Morgan fingerprint density at radius 2 is 1.65 bits per heavy atom. The topological polar surface area (TPSA) is 154 Å². The lowest BCUT2D eigenvalue weighted by Gasteiger charge is -2.16. The number of benzene rings is 3. The van der Waals surface area contributed by atoms with Crippen LogP contribution in [0.15, 0.2) is 71.6 Å². The van der Waals surface area contributed by atoms with Crippen molar-refractivity contribution in [1.82, 2.24) is 4.57 Å². The van der Waals surface area contributed by atoms with Crippen molar-refractivity contribution in [3.05, 3.63) is 78.0 Å². The molecule has 0 saturated carbocycles. The van der Waals surface area contributed by atoms with E-state index in [1.807, 2.05) is 0 Å². The second-order valence-electron chi connectivity index (χ2n) is 8.18. The number of alkyl halides is 3. The smallest absolute Gasteiger partial charge is 0.364 e. The Labute approximate surface area is 209 Å². The van der Waals surface area contributed by atoms with Gasteiger partial charge in [-0.15, -0.1) is 0 Å². The predicted molar refractivity (Wildman–Crippen MR) is 132 cm³/mol. The molecule has 1 heterocycles. The number of rotatable bonds is 6. The number of primary amides is 1. The first kappa shape index (κ1) is 26.2. The predicted octanol–water partition coefficient (Wildman–Crippen LogP) is 3.43. The van der Waals surface area contributed by atoms with Crippen LogP contribution in [0.25, 0.3) is 27.7 Å². The van der Waals surface area contributed by atoms with Gasteiger partial charge in [-0.3, -0.25) is 9.52 Å². The minimum atomic E-state index is -4.91. The van der Waals surface area contributed by atoms with Gasteiger partial charge in [-0.2, -0.15) is 13.2 Å². The van der Waals surface area contributed by atoms with E-state index in [9.17, 15) is 34.8 Å². The molecular weight excluding hydrogens is 533 g/mol. The van der Waals surface area contributed by atoms with Crippen LogP contribution < -0.4 is 15.6 Å². The molecule has 4 aromatic rings. The van der Waals surface area contributed by atoms with E-state index in [-0.39, 0.29) is 28.2 Å². The fourth-order valence-corrected chi connectivity index (χ4v) is 5.03. The zero-order valence-electron chi connectivity index (χ0n) is 18.9. The Morgan fingerprint density at radius 3 is 2.24 bits per heavy atom. The minimum absolute atomic E-state index is 0.00396. The van der Waals surface area contributed by atoms with Gasteiger partial charge in [0.05, 0.1) is 27.9 Å². The number of carbonyl (C=O) groups excluding carboxylic acids is 1. The molecule has 1 amide bonds. The quantitative estimate of drug-likeness (QED) is 0.334. The molecule has 0 unspecified atom stereocenters. The second kappa shape index (κ2) is 8.90.